The fraction of sp³-hybridized carbons (Fsp3) is 0.846. The van der Waals surface area contributed by atoms with Crippen LogP contribution < -0.4 is 10.6 Å². The molecule has 2 aliphatic heterocycles. The molecule has 2 N–H and O–H groups in total. The summed E-state index contributed by atoms with van der Waals surface area (Å²) in [5, 5.41) is 5.31. The van der Waals surface area contributed by atoms with Crippen LogP contribution in [0.2, 0.25) is 0 Å². The second-order valence-corrected chi connectivity index (χ2v) is 5.55. The largest absolute Gasteiger partial charge is 0.355 e. The van der Waals surface area contributed by atoms with Crippen molar-refractivity contribution in [3.8, 4) is 0 Å². The van der Waals surface area contributed by atoms with Gasteiger partial charge in [-0.3, -0.25) is 19.8 Å². The molecule has 1 unspecified atom stereocenters. The highest BCUT2D eigenvalue weighted by molar-refractivity contribution is 5.85. The summed E-state index contributed by atoms with van der Waals surface area (Å²) in [7, 11) is 0. The standard InChI is InChI=1S/C13H22F2N4O2.2ClH/c1-2-16-11(20)8-18-3-5-19(6-4-18)12(21)10-7-13(14,15)9-17-10;;/h10,17H,2-9H2,1H3,(H,16,20);2*1H. The van der Waals surface area contributed by atoms with Crippen LogP contribution >= 0.6 is 24.8 Å². The van der Waals surface area contributed by atoms with Crippen molar-refractivity contribution in [1.29, 1.82) is 0 Å². The first-order chi connectivity index (χ1) is 9.91. The molecular formula is C13H24Cl2F2N4O2. The Labute approximate surface area is 147 Å². The fourth-order valence-corrected chi connectivity index (χ4v) is 2.69. The monoisotopic (exact) mass is 376 g/mol. The molecule has 136 valence electrons. The summed E-state index contributed by atoms with van der Waals surface area (Å²) >= 11 is 0. The van der Waals surface area contributed by atoms with Gasteiger partial charge in [0.05, 0.1) is 19.1 Å². The summed E-state index contributed by atoms with van der Waals surface area (Å²) in [5.41, 5.74) is 0. The number of nitrogens with zero attached hydrogens (tertiary/aromatic N) is 2. The van der Waals surface area contributed by atoms with E-state index in [1.807, 2.05) is 11.8 Å². The van der Waals surface area contributed by atoms with Crippen molar-refractivity contribution < 1.29 is 18.4 Å². The van der Waals surface area contributed by atoms with Crippen LogP contribution in [0.15, 0.2) is 0 Å². The van der Waals surface area contributed by atoms with Gasteiger partial charge in [-0.25, -0.2) is 8.78 Å². The molecule has 10 heteroatoms. The van der Waals surface area contributed by atoms with Gasteiger partial charge in [0.25, 0.3) is 5.92 Å². The molecule has 2 saturated heterocycles. The number of amides is 2. The third-order valence-corrected chi connectivity index (χ3v) is 3.83. The molecule has 23 heavy (non-hydrogen) atoms. The van der Waals surface area contributed by atoms with Crippen LogP contribution in [0.5, 0.6) is 0 Å². The Morgan fingerprint density at radius 2 is 1.83 bits per heavy atom. The predicted molar refractivity (Wildman–Crippen MR) is 87.6 cm³/mol. The molecule has 0 aliphatic carbocycles. The second-order valence-electron chi connectivity index (χ2n) is 5.55. The van der Waals surface area contributed by atoms with Gasteiger partial charge in [0.15, 0.2) is 0 Å². The number of piperazine rings is 1. The van der Waals surface area contributed by atoms with Gasteiger partial charge in [-0.1, -0.05) is 0 Å². The number of halogens is 4. The fourth-order valence-electron chi connectivity index (χ4n) is 2.69. The molecule has 0 aromatic rings. The van der Waals surface area contributed by atoms with Gasteiger partial charge in [0.1, 0.15) is 0 Å². The first-order valence-corrected chi connectivity index (χ1v) is 7.30. The van der Waals surface area contributed by atoms with Crippen LogP contribution in [0.3, 0.4) is 0 Å². The van der Waals surface area contributed by atoms with E-state index in [0.29, 0.717) is 39.3 Å². The van der Waals surface area contributed by atoms with Crippen LogP contribution in [0.1, 0.15) is 13.3 Å². The summed E-state index contributed by atoms with van der Waals surface area (Å²) < 4.78 is 26.2. The van der Waals surface area contributed by atoms with Gasteiger partial charge in [-0.15, -0.1) is 24.8 Å². The molecule has 0 bridgehead atoms. The van der Waals surface area contributed by atoms with Gasteiger partial charge >= 0.3 is 0 Å². The van der Waals surface area contributed by atoms with Gasteiger partial charge in [-0.05, 0) is 6.92 Å². The van der Waals surface area contributed by atoms with Crippen LogP contribution in [0, 0.1) is 0 Å². The summed E-state index contributed by atoms with van der Waals surface area (Å²) in [6.45, 7) is 4.47. The Hall–Kier alpha value is -0.700. The first kappa shape index (κ1) is 22.3. The number of alkyl halides is 2. The van der Waals surface area contributed by atoms with Crippen LogP contribution in [0.25, 0.3) is 0 Å². The zero-order chi connectivity index (χ0) is 15.5. The Kier molecular flexibility index (Phi) is 9.27. The number of carbonyl (C=O) groups is 2. The molecule has 2 aliphatic rings. The lowest BCUT2D eigenvalue weighted by Crippen LogP contribution is -2.54. The van der Waals surface area contributed by atoms with Crippen LogP contribution in [-0.4, -0.2) is 79.4 Å². The Balaban J connectivity index is 0.00000242. The Morgan fingerprint density at radius 3 is 2.30 bits per heavy atom. The van der Waals surface area contributed by atoms with Gasteiger partial charge in [0.2, 0.25) is 11.8 Å². The minimum atomic E-state index is -2.79. The molecule has 2 amide bonds. The van der Waals surface area contributed by atoms with Crippen LogP contribution in [0.4, 0.5) is 8.78 Å². The average molecular weight is 377 g/mol. The van der Waals surface area contributed by atoms with Crippen molar-refractivity contribution in [1.82, 2.24) is 20.4 Å². The lowest BCUT2D eigenvalue weighted by Gasteiger charge is -2.35. The Morgan fingerprint density at radius 1 is 1.22 bits per heavy atom. The van der Waals surface area contributed by atoms with Crippen molar-refractivity contribution in [2.45, 2.75) is 25.3 Å². The molecule has 0 saturated carbocycles. The normalized spacial score (nSPS) is 23.6. The number of nitrogens with one attached hydrogen (secondary N) is 2. The highest BCUT2D eigenvalue weighted by atomic mass is 35.5. The van der Waals surface area contributed by atoms with Crippen molar-refractivity contribution in [2.24, 2.45) is 0 Å². The van der Waals surface area contributed by atoms with E-state index in [4.69, 9.17) is 0 Å². The van der Waals surface area contributed by atoms with E-state index in [1.54, 1.807) is 4.90 Å². The van der Waals surface area contributed by atoms with E-state index in [9.17, 15) is 18.4 Å². The number of hydrogen-bond acceptors (Lipinski definition) is 4. The average Bonchev–Trinajstić information content (AvgIpc) is 2.79. The molecular weight excluding hydrogens is 353 g/mol. The van der Waals surface area contributed by atoms with E-state index in [2.05, 4.69) is 10.6 Å². The minimum Gasteiger partial charge on any atom is -0.355 e. The van der Waals surface area contributed by atoms with Crippen molar-refractivity contribution in [2.75, 3.05) is 45.8 Å². The number of rotatable bonds is 4. The maximum absolute atomic E-state index is 13.1. The lowest BCUT2D eigenvalue weighted by molar-refractivity contribution is -0.135. The molecule has 0 aromatic carbocycles. The third-order valence-electron chi connectivity index (χ3n) is 3.83. The summed E-state index contributed by atoms with van der Waals surface area (Å²) in [5.74, 6) is -3.08. The van der Waals surface area contributed by atoms with E-state index >= 15 is 0 Å². The molecule has 1 atom stereocenters. The minimum absolute atomic E-state index is 0. The molecule has 2 heterocycles. The SMILES string of the molecule is CCNC(=O)CN1CCN(C(=O)C2CC(F)(F)CN2)CC1.Cl.Cl. The van der Waals surface area contributed by atoms with Crippen molar-refractivity contribution in [3.63, 3.8) is 0 Å². The smallest absolute Gasteiger partial charge is 0.262 e. The van der Waals surface area contributed by atoms with E-state index in [1.165, 1.54) is 0 Å². The van der Waals surface area contributed by atoms with E-state index < -0.39 is 24.9 Å². The molecule has 2 fully saturated rings. The van der Waals surface area contributed by atoms with Crippen molar-refractivity contribution >= 4 is 36.6 Å². The number of likely N-dealkylation sites (N-methyl/N-ethyl adjacent to an activating group) is 1. The molecule has 6 nitrogen and oxygen atoms in total. The molecule has 0 aromatic heterocycles. The highest BCUT2D eigenvalue weighted by Gasteiger charge is 2.43. The van der Waals surface area contributed by atoms with Crippen LogP contribution in [-0.2, 0) is 9.59 Å². The maximum atomic E-state index is 13.1. The van der Waals surface area contributed by atoms with E-state index in [-0.39, 0.29) is 36.6 Å². The summed E-state index contributed by atoms with van der Waals surface area (Å²) in [6, 6.07) is -0.782. The zero-order valence-corrected chi connectivity index (χ0v) is 14.7. The second kappa shape index (κ2) is 9.56. The maximum Gasteiger partial charge on any atom is 0.262 e. The Bertz CT molecular complexity index is 407. The quantitative estimate of drug-likeness (QED) is 0.730. The predicted octanol–water partition coefficient (Wildman–Crippen LogP) is 0.108. The zero-order valence-electron chi connectivity index (χ0n) is 13.0. The lowest BCUT2D eigenvalue weighted by atomic mass is 10.1. The molecule has 0 radical (unpaired) electrons. The third kappa shape index (κ3) is 6.37. The summed E-state index contributed by atoms with van der Waals surface area (Å²) in [6.07, 6.45) is -0.426. The van der Waals surface area contributed by atoms with Gasteiger partial charge in [-0.2, -0.15) is 0 Å². The van der Waals surface area contributed by atoms with Crippen molar-refractivity contribution in [3.05, 3.63) is 0 Å². The molecule has 2 rings (SSSR count). The highest BCUT2D eigenvalue weighted by Crippen LogP contribution is 2.26. The van der Waals surface area contributed by atoms with Gasteiger partial charge in [0, 0.05) is 39.1 Å². The van der Waals surface area contributed by atoms with E-state index in [0.717, 1.165) is 0 Å². The first-order valence-electron chi connectivity index (χ1n) is 7.30. The summed E-state index contributed by atoms with van der Waals surface area (Å²) in [4.78, 5) is 27.2. The number of carbonyl (C=O) groups excluding carboxylic acids is 2. The number of hydrogen-bond donors (Lipinski definition) is 2. The topological polar surface area (TPSA) is 64.7 Å². The van der Waals surface area contributed by atoms with Gasteiger partial charge < -0.3 is 10.2 Å². The molecule has 0 spiro atoms.